The molecule has 0 bridgehead atoms. The molecule has 0 aromatic rings. The predicted octanol–water partition coefficient (Wildman–Crippen LogP) is 5.89. The molecule has 0 aromatic heterocycles. The van der Waals surface area contributed by atoms with Crippen LogP contribution in [0.25, 0.3) is 0 Å². The summed E-state index contributed by atoms with van der Waals surface area (Å²) in [6, 6.07) is 0. The van der Waals surface area contributed by atoms with Crippen molar-refractivity contribution in [1.82, 2.24) is 0 Å². The Kier molecular flexibility index (Phi) is 14.7. The zero-order valence-corrected chi connectivity index (χ0v) is 19.2. The number of aliphatic hydroxyl groups excluding tert-OH is 1. The fraction of sp³-hybridized carbons (Fsp3) is 0.840. The number of carboxylic acid groups (broad SMARTS) is 1. The number of aliphatic hydroxyl groups is 1. The van der Waals surface area contributed by atoms with Crippen molar-refractivity contribution in [2.75, 3.05) is 6.61 Å². The normalized spacial score (nSPS) is 21.4. The van der Waals surface area contributed by atoms with E-state index in [0.29, 0.717) is 37.6 Å². The first-order valence-electron chi connectivity index (χ1n) is 12.2. The van der Waals surface area contributed by atoms with Crippen LogP contribution in [0.15, 0.2) is 12.2 Å². The van der Waals surface area contributed by atoms with Crippen LogP contribution in [0.1, 0.15) is 104 Å². The number of hydrogen-bond donors (Lipinski definition) is 2. The summed E-state index contributed by atoms with van der Waals surface area (Å²) in [5.74, 6) is -0.266. The van der Waals surface area contributed by atoms with E-state index in [0.717, 1.165) is 38.5 Å². The molecule has 0 spiro atoms. The summed E-state index contributed by atoms with van der Waals surface area (Å²) in [7, 11) is 0. The third kappa shape index (κ3) is 11.3. The van der Waals surface area contributed by atoms with E-state index in [2.05, 4.69) is 26.0 Å². The highest BCUT2D eigenvalue weighted by Gasteiger charge is 2.32. The largest absolute Gasteiger partial charge is 0.481 e. The molecule has 0 heterocycles. The molecule has 0 aliphatic heterocycles. The van der Waals surface area contributed by atoms with Crippen LogP contribution in [0.5, 0.6) is 0 Å². The summed E-state index contributed by atoms with van der Waals surface area (Å²) in [6.45, 7) is 4.77. The van der Waals surface area contributed by atoms with Gasteiger partial charge in [-0.2, -0.15) is 0 Å². The maximum absolute atomic E-state index is 12.4. The highest BCUT2D eigenvalue weighted by molar-refractivity contribution is 5.83. The van der Waals surface area contributed by atoms with Gasteiger partial charge in [0.25, 0.3) is 0 Å². The summed E-state index contributed by atoms with van der Waals surface area (Å²) in [6.07, 6.45) is 15.9. The molecule has 5 heteroatoms. The van der Waals surface area contributed by atoms with Gasteiger partial charge >= 0.3 is 5.97 Å². The standard InChI is InChI=1S/C25H44O5/c1-3-5-7-8-9-10-12-20-15-17-23(26)22(20)14-11-13-21(16-18-24(27)28)25(29)30-19-6-4-2/h10,12,20-22,25,29H,3-9,11,13-19H2,1-2H3,(H,27,28)/t20-,21?,22+,25?/m0/s1. The molecule has 0 saturated heterocycles. The van der Waals surface area contributed by atoms with Crippen molar-refractivity contribution in [3.8, 4) is 0 Å². The van der Waals surface area contributed by atoms with Gasteiger partial charge in [0.1, 0.15) is 5.78 Å². The van der Waals surface area contributed by atoms with Crippen LogP contribution >= 0.6 is 0 Å². The van der Waals surface area contributed by atoms with Crippen molar-refractivity contribution in [3.63, 3.8) is 0 Å². The van der Waals surface area contributed by atoms with Crippen molar-refractivity contribution < 1.29 is 24.5 Å². The Bertz CT molecular complexity index is 502. The lowest BCUT2D eigenvalue weighted by Crippen LogP contribution is -2.25. The van der Waals surface area contributed by atoms with Crippen molar-refractivity contribution in [2.24, 2.45) is 17.8 Å². The fourth-order valence-corrected chi connectivity index (χ4v) is 4.32. The molecular weight excluding hydrogens is 380 g/mol. The summed E-state index contributed by atoms with van der Waals surface area (Å²) < 4.78 is 5.52. The second-order valence-electron chi connectivity index (χ2n) is 8.79. The number of carboxylic acids is 1. The first-order valence-corrected chi connectivity index (χ1v) is 12.2. The Labute approximate surface area is 183 Å². The molecule has 1 rings (SSSR count). The molecule has 174 valence electrons. The molecule has 2 unspecified atom stereocenters. The number of Topliss-reactive ketones (excluding diaryl/α,β-unsaturated/α-hetero) is 1. The molecule has 1 saturated carbocycles. The molecule has 30 heavy (non-hydrogen) atoms. The summed E-state index contributed by atoms with van der Waals surface area (Å²) >= 11 is 0. The van der Waals surface area contributed by atoms with Crippen molar-refractivity contribution in [3.05, 3.63) is 12.2 Å². The molecule has 0 aromatic carbocycles. The quantitative estimate of drug-likeness (QED) is 0.163. The molecule has 1 aliphatic carbocycles. The third-order valence-corrected chi connectivity index (χ3v) is 6.27. The minimum absolute atomic E-state index is 0.0324. The number of unbranched alkanes of at least 4 members (excludes halogenated alkanes) is 5. The summed E-state index contributed by atoms with van der Waals surface area (Å²) in [5, 5.41) is 19.4. The molecule has 2 N–H and O–H groups in total. The Balaban J connectivity index is 2.47. The SMILES string of the molecule is CCCCCCC=C[C@H]1CCC(=O)[C@@H]1CCCC(CCC(=O)O)C(O)OCCCC. The van der Waals surface area contributed by atoms with E-state index in [-0.39, 0.29) is 18.3 Å². The number of rotatable bonds is 18. The summed E-state index contributed by atoms with van der Waals surface area (Å²) in [5.41, 5.74) is 0. The van der Waals surface area contributed by atoms with Crippen molar-refractivity contribution >= 4 is 11.8 Å². The van der Waals surface area contributed by atoms with Crippen molar-refractivity contribution in [2.45, 2.75) is 110 Å². The smallest absolute Gasteiger partial charge is 0.303 e. The Morgan fingerprint density at radius 3 is 2.60 bits per heavy atom. The molecular formula is C25H44O5. The van der Waals surface area contributed by atoms with Gasteiger partial charge in [0.2, 0.25) is 0 Å². The van der Waals surface area contributed by atoms with E-state index in [4.69, 9.17) is 9.84 Å². The number of carbonyl (C=O) groups is 2. The minimum atomic E-state index is -0.922. The van der Waals surface area contributed by atoms with Gasteiger partial charge in [0.15, 0.2) is 6.29 Å². The second kappa shape index (κ2) is 16.5. The third-order valence-electron chi connectivity index (χ3n) is 6.27. The van der Waals surface area contributed by atoms with Gasteiger partial charge in [-0.15, -0.1) is 0 Å². The van der Waals surface area contributed by atoms with Crippen LogP contribution in [0.3, 0.4) is 0 Å². The van der Waals surface area contributed by atoms with Crippen LogP contribution in [-0.2, 0) is 14.3 Å². The lowest BCUT2D eigenvalue weighted by atomic mass is 9.87. The number of ketones is 1. The first-order chi connectivity index (χ1) is 14.5. The molecule has 1 fully saturated rings. The van der Waals surface area contributed by atoms with E-state index in [1.807, 2.05) is 0 Å². The zero-order valence-electron chi connectivity index (χ0n) is 19.2. The first kappa shape index (κ1) is 26.8. The van der Waals surface area contributed by atoms with E-state index in [9.17, 15) is 14.7 Å². The van der Waals surface area contributed by atoms with Crippen LogP contribution < -0.4 is 0 Å². The average molecular weight is 425 g/mol. The number of aliphatic carboxylic acids is 1. The highest BCUT2D eigenvalue weighted by Crippen LogP contribution is 2.34. The Hall–Kier alpha value is -1.20. The minimum Gasteiger partial charge on any atom is -0.481 e. The second-order valence-corrected chi connectivity index (χ2v) is 8.79. The average Bonchev–Trinajstić information content (AvgIpc) is 3.06. The van der Waals surface area contributed by atoms with Crippen molar-refractivity contribution in [1.29, 1.82) is 0 Å². The highest BCUT2D eigenvalue weighted by atomic mass is 16.6. The van der Waals surface area contributed by atoms with E-state index >= 15 is 0 Å². The number of ether oxygens (including phenoxy) is 1. The maximum Gasteiger partial charge on any atom is 0.303 e. The van der Waals surface area contributed by atoms with Gasteiger partial charge in [0, 0.05) is 31.3 Å². The number of hydrogen-bond acceptors (Lipinski definition) is 4. The van der Waals surface area contributed by atoms with E-state index in [1.54, 1.807) is 0 Å². The van der Waals surface area contributed by atoms with Gasteiger partial charge in [0.05, 0.1) is 0 Å². The molecule has 0 radical (unpaired) electrons. The van der Waals surface area contributed by atoms with Gasteiger partial charge in [-0.05, 0) is 50.9 Å². The maximum atomic E-state index is 12.4. The lowest BCUT2D eigenvalue weighted by Gasteiger charge is -2.23. The van der Waals surface area contributed by atoms with Crippen LogP contribution in [0, 0.1) is 17.8 Å². The molecule has 0 amide bonds. The Morgan fingerprint density at radius 2 is 1.90 bits per heavy atom. The van der Waals surface area contributed by atoms with Gasteiger partial charge in [-0.3, -0.25) is 9.59 Å². The summed E-state index contributed by atoms with van der Waals surface area (Å²) in [4.78, 5) is 23.3. The van der Waals surface area contributed by atoms with Gasteiger partial charge < -0.3 is 14.9 Å². The number of allylic oxidation sites excluding steroid dienone is 2. The van der Waals surface area contributed by atoms with Crippen LogP contribution in [-0.4, -0.2) is 34.9 Å². The number of carbonyl (C=O) groups excluding carboxylic acids is 1. The predicted molar refractivity (Wildman–Crippen MR) is 120 cm³/mol. The van der Waals surface area contributed by atoms with Gasteiger partial charge in [-0.25, -0.2) is 0 Å². The molecule has 1 aliphatic rings. The molecule has 5 nitrogen and oxygen atoms in total. The lowest BCUT2D eigenvalue weighted by molar-refractivity contribution is -0.145. The fourth-order valence-electron chi connectivity index (χ4n) is 4.32. The zero-order chi connectivity index (χ0) is 22.2. The molecule has 4 atom stereocenters. The van der Waals surface area contributed by atoms with Gasteiger partial charge in [-0.1, -0.05) is 58.1 Å². The van der Waals surface area contributed by atoms with E-state index in [1.165, 1.54) is 25.7 Å². The Morgan fingerprint density at radius 1 is 1.13 bits per heavy atom. The van der Waals surface area contributed by atoms with Crippen LogP contribution in [0.4, 0.5) is 0 Å². The monoisotopic (exact) mass is 424 g/mol. The topological polar surface area (TPSA) is 83.8 Å². The van der Waals surface area contributed by atoms with Crippen LogP contribution in [0.2, 0.25) is 0 Å². The van der Waals surface area contributed by atoms with E-state index < -0.39 is 12.3 Å².